The summed E-state index contributed by atoms with van der Waals surface area (Å²) < 4.78 is 24.6. The second-order valence-electron chi connectivity index (χ2n) is 7.06. The van der Waals surface area contributed by atoms with Gasteiger partial charge in [0.1, 0.15) is 11.6 Å². The molecule has 30 heavy (non-hydrogen) atoms. The summed E-state index contributed by atoms with van der Waals surface area (Å²) in [6.07, 6.45) is 4.08. The van der Waals surface area contributed by atoms with Gasteiger partial charge in [-0.1, -0.05) is 18.2 Å². The molecule has 0 amide bonds. The lowest BCUT2D eigenvalue weighted by molar-refractivity contribution is 0.0377. The van der Waals surface area contributed by atoms with E-state index in [0.29, 0.717) is 18.5 Å². The maximum Gasteiger partial charge on any atom is 0.191 e. The summed E-state index contributed by atoms with van der Waals surface area (Å²) >= 11 is 0. The van der Waals surface area contributed by atoms with E-state index in [2.05, 4.69) is 15.5 Å². The molecule has 2 aromatic rings. The third-order valence-electron chi connectivity index (χ3n) is 4.89. The fraction of sp³-hybridized carbons (Fsp3) is 0.500. The molecule has 1 aliphatic heterocycles. The van der Waals surface area contributed by atoms with E-state index in [0.717, 1.165) is 70.5 Å². The number of hydrogen-bond donors (Lipinski definition) is 2. The lowest BCUT2D eigenvalue weighted by Crippen LogP contribution is -2.40. The van der Waals surface area contributed by atoms with Crippen molar-refractivity contribution >= 4 is 29.9 Å². The van der Waals surface area contributed by atoms with Crippen molar-refractivity contribution < 1.29 is 13.5 Å². The third kappa shape index (κ3) is 9.01. The first-order valence-electron chi connectivity index (χ1n) is 10.4. The molecule has 0 aliphatic carbocycles. The molecular formula is C22H32FIN4O2. The molecule has 0 radical (unpaired) electrons. The average molecular weight is 530 g/mol. The Balaban J connectivity index is 0.00000320. The van der Waals surface area contributed by atoms with Gasteiger partial charge in [-0.3, -0.25) is 9.89 Å². The predicted molar refractivity (Wildman–Crippen MR) is 128 cm³/mol. The molecule has 1 aliphatic rings. The number of ether oxygens (including phenoxy) is 1. The Morgan fingerprint density at radius 3 is 2.53 bits per heavy atom. The van der Waals surface area contributed by atoms with Crippen LogP contribution in [0.4, 0.5) is 4.39 Å². The van der Waals surface area contributed by atoms with Gasteiger partial charge < -0.3 is 19.8 Å². The minimum Gasteiger partial charge on any atom is -0.469 e. The Labute approximate surface area is 195 Å². The molecule has 1 aromatic carbocycles. The fourth-order valence-corrected chi connectivity index (χ4v) is 3.26. The third-order valence-corrected chi connectivity index (χ3v) is 4.89. The number of rotatable bonds is 10. The predicted octanol–water partition coefficient (Wildman–Crippen LogP) is 3.08. The number of halogens is 2. The lowest BCUT2D eigenvalue weighted by Gasteiger charge is -2.26. The van der Waals surface area contributed by atoms with E-state index in [1.165, 1.54) is 6.07 Å². The number of aliphatic imine (C=N–C) groups is 1. The van der Waals surface area contributed by atoms with Crippen LogP contribution < -0.4 is 10.6 Å². The highest BCUT2D eigenvalue weighted by Crippen LogP contribution is 2.06. The standard InChI is InChI=1S/C22H31FN4O2.HI/c23-21-7-2-1-5-19(21)8-11-25-22(26-12-9-20-6-3-16-29-20)24-10-4-13-27-14-17-28-18-15-27;/h1-3,5-7,16H,4,8-15,17-18H2,(H2,24,25,26);1H. The van der Waals surface area contributed by atoms with Gasteiger partial charge in [0.05, 0.1) is 19.5 Å². The van der Waals surface area contributed by atoms with E-state index in [-0.39, 0.29) is 29.8 Å². The highest BCUT2D eigenvalue weighted by atomic mass is 127. The zero-order valence-electron chi connectivity index (χ0n) is 17.3. The quantitative estimate of drug-likeness (QED) is 0.214. The second-order valence-corrected chi connectivity index (χ2v) is 7.06. The Kier molecular flexibility index (Phi) is 11.8. The summed E-state index contributed by atoms with van der Waals surface area (Å²) in [4.78, 5) is 7.10. The molecule has 166 valence electrons. The normalized spacial score (nSPS) is 14.9. The highest BCUT2D eigenvalue weighted by Gasteiger charge is 2.09. The van der Waals surface area contributed by atoms with Gasteiger partial charge in [0.25, 0.3) is 0 Å². The van der Waals surface area contributed by atoms with Crippen LogP contribution in [0.25, 0.3) is 0 Å². The number of nitrogens with zero attached hydrogens (tertiary/aromatic N) is 2. The van der Waals surface area contributed by atoms with Crippen LogP contribution in [-0.2, 0) is 17.6 Å². The van der Waals surface area contributed by atoms with Crippen LogP contribution in [-0.4, -0.2) is 63.3 Å². The van der Waals surface area contributed by atoms with E-state index in [9.17, 15) is 4.39 Å². The second kappa shape index (κ2) is 14.4. The summed E-state index contributed by atoms with van der Waals surface area (Å²) in [6, 6.07) is 10.7. The monoisotopic (exact) mass is 530 g/mol. The Bertz CT molecular complexity index is 736. The molecular weight excluding hydrogens is 498 g/mol. The van der Waals surface area contributed by atoms with Gasteiger partial charge in [0.2, 0.25) is 0 Å². The smallest absolute Gasteiger partial charge is 0.191 e. The molecule has 1 aromatic heterocycles. The largest absolute Gasteiger partial charge is 0.469 e. The van der Waals surface area contributed by atoms with Crippen LogP contribution in [0.1, 0.15) is 17.7 Å². The number of furan rings is 1. The number of benzene rings is 1. The van der Waals surface area contributed by atoms with Crippen molar-refractivity contribution in [1.29, 1.82) is 0 Å². The van der Waals surface area contributed by atoms with Gasteiger partial charge in [0, 0.05) is 45.7 Å². The molecule has 0 saturated carbocycles. The summed E-state index contributed by atoms with van der Waals surface area (Å²) in [7, 11) is 0. The minimum atomic E-state index is -0.163. The van der Waals surface area contributed by atoms with Crippen molar-refractivity contribution in [1.82, 2.24) is 15.5 Å². The average Bonchev–Trinajstić information content (AvgIpc) is 3.26. The van der Waals surface area contributed by atoms with E-state index >= 15 is 0 Å². The SMILES string of the molecule is Fc1ccccc1CCNC(=NCCCN1CCOCC1)NCCc1ccco1.I. The van der Waals surface area contributed by atoms with Crippen LogP contribution in [0.5, 0.6) is 0 Å². The number of hydrogen-bond acceptors (Lipinski definition) is 4. The zero-order valence-corrected chi connectivity index (χ0v) is 19.6. The first kappa shape index (κ1) is 24.6. The van der Waals surface area contributed by atoms with Crippen LogP contribution in [0.3, 0.4) is 0 Å². The van der Waals surface area contributed by atoms with Gasteiger partial charge in [-0.25, -0.2) is 4.39 Å². The summed E-state index contributed by atoms with van der Waals surface area (Å²) in [5, 5.41) is 6.67. The molecule has 1 saturated heterocycles. The molecule has 1 fully saturated rings. The molecule has 2 N–H and O–H groups in total. The topological polar surface area (TPSA) is 62.0 Å². The van der Waals surface area contributed by atoms with E-state index < -0.39 is 0 Å². The molecule has 3 rings (SSSR count). The molecule has 2 heterocycles. The van der Waals surface area contributed by atoms with Gasteiger partial charge in [-0.2, -0.15) is 0 Å². The summed E-state index contributed by atoms with van der Waals surface area (Å²) in [6.45, 7) is 6.76. The molecule has 0 atom stereocenters. The number of guanidine groups is 1. The van der Waals surface area contributed by atoms with Gasteiger partial charge >= 0.3 is 0 Å². The van der Waals surface area contributed by atoms with E-state index in [4.69, 9.17) is 14.1 Å². The van der Waals surface area contributed by atoms with Gasteiger partial charge in [-0.05, 0) is 36.6 Å². The van der Waals surface area contributed by atoms with Crippen molar-refractivity contribution in [3.63, 3.8) is 0 Å². The zero-order chi connectivity index (χ0) is 20.2. The number of morpholine rings is 1. The van der Waals surface area contributed by atoms with E-state index in [1.54, 1.807) is 12.3 Å². The summed E-state index contributed by atoms with van der Waals surface area (Å²) in [5.74, 6) is 1.54. The number of nitrogens with one attached hydrogen (secondary N) is 2. The molecule has 6 nitrogen and oxygen atoms in total. The minimum absolute atomic E-state index is 0. The fourth-order valence-electron chi connectivity index (χ4n) is 3.26. The lowest BCUT2D eigenvalue weighted by atomic mass is 10.1. The van der Waals surface area contributed by atoms with Crippen LogP contribution in [0.2, 0.25) is 0 Å². The maximum atomic E-state index is 13.8. The Morgan fingerprint density at radius 2 is 1.80 bits per heavy atom. The molecule has 0 bridgehead atoms. The summed E-state index contributed by atoms with van der Waals surface area (Å²) in [5.41, 5.74) is 0.710. The first-order valence-corrected chi connectivity index (χ1v) is 10.4. The first-order chi connectivity index (χ1) is 14.3. The van der Waals surface area contributed by atoms with Gasteiger partial charge in [0.15, 0.2) is 5.96 Å². The van der Waals surface area contributed by atoms with Crippen molar-refractivity contribution in [3.8, 4) is 0 Å². The molecule has 8 heteroatoms. The Morgan fingerprint density at radius 1 is 1.03 bits per heavy atom. The van der Waals surface area contributed by atoms with Crippen molar-refractivity contribution in [2.45, 2.75) is 19.3 Å². The molecule has 0 unspecified atom stereocenters. The van der Waals surface area contributed by atoms with Crippen molar-refractivity contribution in [2.24, 2.45) is 4.99 Å². The van der Waals surface area contributed by atoms with Gasteiger partial charge in [-0.15, -0.1) is 24.0 Å². The van der Waals surface area contributed by atoms with Crippen LogP contribution in [0.15, 0.2) is 52.1 Å². The van der Waals surface area contributed by atoms with Crippen LogP contribution in [0, 0.1) is 5.82 Å². The Hall–Kier alpha value is -1.65. The van der Waals surface area contributed by atoms with E-state index in [1.807, 2.05) is 24.3 Å². The maximum absolute atomic E-state index is 13.8. The van der Waals surface area contributed by atoms with Crippen molar-refractivity contribution in [3.05, 3.63) is 59.8 Å². The highest BCUT2D eigenvalue weighted by molar-refractivity contribution is 14.0. The van der Waals surface area contributed by atoms with Crippen molar-refractivity contribution in [2.75, 3.05) is 52.5 Å². The van der Waals surface area contributed by atoms with Crippen LogP contribution >= 0.6 is 24.0 Å². The molecule has 0 spiro atoms.